The molecule has 0 aliphatic carbocycles. The molecule has 0 aromatic rings. The summed E-state index contributed by atoms with van der Waals surface area (Å²) in [7, 11) is 0. The van der Waals surface area contributed by atoms with Gasteiger partial charge in [0.1, 0.15) is 66.5 Å². The Hall–Kier alpha value is -9.08. The summed E-state index contributed by atoms with van der Waals surface area (Å²) in [5.41, 5.74) is 51.4. The fraction of sp³-hybridized carbons (Fsp3) is 0.784. The lowest BCUT2D eigenvalue weighted by Crippen LogP contribution is -2.61. The summed E-state index contributed by atoms with van der Waals surface area (Å²) >= 11 is 0. The number of nitrogens with two attached hydrogens (primary N) is 9. The van der Waals surface area contributed by atoms with Crippen LogP contribution in [0.1, 0.15) is 212 Å². The van der Waals surface area contributed by atoms with Gasteiger partial charge in [0.05, 0.1) is 19.1 Å². The standard InChI is InChI=1S/C74H142N24O15/c1-41(2)35-53(88-57(99)39-86-61(101)47(27-21-33-84-73(80)81)90-63(103)51(25-15-19-31-77)94-70(110)59(79)45(9)10)67(107)92-49(23-13-17-29-75)65(105)96-55(37-43(5)6)69(109)98-60(46(11)12)71(111)95-52(26-16-20-32-78)64(104)91-48(28-22-34-85-74(82)83)62(102)87-40-58(100)89-54(36-42(3)4)68(108)93-50(24-14-18-30-76)66(106)97-56(72(112)113)38-44(7)8/h41-56,59-60H,13-40,75-79H2,1-12H3,(H,86,101)(H,87,102)(H,88,99)(H,89,100)(H,90,103)(H,91,104)(H,92,107)(H,93,108)(H,94,110)(H,95,111)(H,96,105)(H,97,106)(H,98,109)(H,112,113)(H4,80,81,84)(H4,82,83,85)/t47-,48-,49-,50-,51-,52-,53-,54-,55-,56-,59-,60-/m0/s1. The molecule has 0 saturated heterocycles. The topological polar surface area (TPSA) is 674 Å². The van der Waals surface area contributed by atoms with Crippen molar-refractivity contribution in [1.29, 1.82) is 0 Å². The van der Waals surface area contributed by atoms with Crippen molar-refractivity contribution < 1.29 is 72.2 Å². The number of unbranched alkanes of at least 4 members (excludes halogenated alkanes) is 4. The van der Waals surface area contributed by atoms with Gasteiger partial charge in [-0.05, 0) is 190 Å². The van der Waals surface area contributed by atoms with Crippen molar-refractivity contribution in [1.82, 2.24) is 69.1 Å². The van der Waals surface area contributed by atoms with Crippen molar-refractivity contribution in [3.8, 4) is 0 Å². The fourth-order valence-electron chi connectivity index (χ4n) is 11.7. The predicted molar refractivity (Wildman–Crippen MR) is 432 cm³/mol. The van der Waals surface area contributed by atoms with Gasteiger partial charge in [0, 0.05) is 13.1 Å². The number of hydrogen-bond acceptors (Lipinski definition) is 21. The molecule has 113 heavy (non-hydrogen) atoms. The average molecular weight is 1610 g/mol. The summed E-state index contributed by atoms with van der Waals surface area (Å²) < 4.78 is 0. The maximum atomic E-state index is 14.6. The molecule has 0 aromatic heterocycles. The zero-order chi connectivity index (χ0) is 86.0. The van der Waals surface area contributed by atoms with Crippen LogP contribution in [0, 0.1) is 35.5 Å². The number of nitrogens with zero attached hydrogens (tertiary/aromatic N) is 2. The Morgan fingerprint density at radius 3 is 0.823 bits per heavy atom. The summed E-state index contributed by atoms with van der Waals surface area (Å²) in [6, 6.07) is -14.9. The fourth-order valence-corrected chi connectivity index (χ4v) is 11.7. The Labute approximate surface area is 666 Å². The van der Waals surface area contributed by atoms with E-state index >= 15 is 0 Å². The first kappa shape index (κ1) is 104. The van der Waals surface area contributed by atoms with Crippen LogP contribution in [0.15, 0.2) is 9.98 Å². The molecular weight excluding hydrogens is 1460 g/mol. The molecule has 0 spiro atoms. The minimum atomic E-state index is -1.38. The summed E-state index contributed by atoms with van der Waals surface area (Å²) in [5.74, 6) is -13.4. The first-order chi connectivity index (χ1) is 53.1. The van der Waals surface area contributed by atoms with E-state index in [0.717, 1.165) is 0 Å². The van der Waals surface area contributed by atoms with E-state index in [1.165, 1.54) is 0 Å². The van der Waals surface area contributed by atoms with Crippen LogP contribution in [0.4, 0.5) is 0 Å². The first-order valence-corrected chi connectivity index (χ1v) is 39.9. The number of hydrogen-bond donors (Lipinski definition) is 23. The number of guanidine groups is 2. The molecular formula is C74H142N24O15. The lowest BCUT2D eigenvalue weighted by Gasteiger charge is -2.29. The number of carbonyl (C=O) groups excluding carboxylic acids is 13. The molecule has 0 rings (SSSR count). The van der Waals surface area contributed by atoms with E-state index in [4.69, 9.17) is 51.6 Å². The molecule has 13 amide bonds. The monoisotopic (exact) mass is 1610 g/mol. The highest BCUT2D eigenvalue weighted by Gasteiger charge is 2.37. The number of carbonyl (C=O) groups is 14. The number of rotatable bonds is 61. The summed E-state index contributed by atoms with van der Waals surface area (Å²) in [6.45, 7) is 20.9. The molecule has 0 radical (unpaired) electrons. The van der Waals surface area contributed by atoms with Gasteiger partial charge in [0.2, 0.25) is 76.8 Å². The summed E-state index contributed by atoms with van der Waals surface area (Å²) in [4.78, 5) is 203. The maximum absolute atomic E-state index is 14.6. The molecule has 12 atom stereocenters. The smallest absolute Gasteiger partial charge is 0.326 e. The number of aliphatic imine (C=N–C) groups is 2. The van der Waals surface area contributed by atoms with Gasteiger partial charge in [0.25, 0.3) is 0 Å². The lowest BCUT2D eigenvalue weighted by atomic mass is 9.98. The molecule has 39 heteroatoms. The quantitative estimate of drug-likeness (QED) is 0.0157. The molecule has 0 unspecified atom stereocenters. The molecule has 0 heterocycles. The van der Waals surface area contributed by atoms with E-state index in [2.05, 4.69) is 79.1 Å². The maximum Gasteiger partial charge on any atom is 0.326 e. The second-order valence-corrected chi connectivity index (χ2v) is 31.1. The molecule has 0 aromatic carbocycles. The van der Waals surface area contributed by atoms with E-state index in [-0.39, 0.29) is 145 Å². The minimum Gasteiger partial charge on any atom is -0.480 e. The lowest BCUT2D eigenvalue weighted by molar-refractivity contribution is -0.143. The zero-order valence-corrected chi connectivity index (χ0v) is 68.9. The normalized spacial score (nSPS) is 14.5. The minimum absolute atomic E-state index is 0.00561. The van der Waals surface area contributed by atoms with Crippen molar-refractivity contribution in [3.63, 3.8) is 0 Å². The van der Waals surface area contributed by atoms with Gasteiger partial charge in [-0.25, -0.2) is 4.79 Å². The van der Waals surface area contributed by atoms with E-state index in [1.807, 2.05) is 0 Å². The summed E-state index contributed by atoms with van der Waals surface area (Å²) in [6.07, 6.45) is 4.21. The number of carboxylic acids is 1. The van der Waals surface area contributed by atoms with Crippen molar-refractivity contribution in [2.24, 2.45) is 97.1 Å². The van der Waals surface area contributed by atoms with Crippen molar-refractivity contribution in [2.75, 3.05) is 52.4 Å². The number of aliphatic carboxylic acids is 1. The van der Waals surface area contributed by atoms with Gasteiger partial charge in [0.15, 0.2) is 11.9 Å². The SMILES string of the molecule is CC(C)C[C@H](NC(=O)[C@H](CCCCN)NC(=O)[C@H](CC(C)C)NC(=O)CNC(=O)[C@H](CCCN=C(N)N)NC(=O)[C@H](CCCCN)NC(=O)[C@@H](NC(=O)[C@H](CC(C)C)NC(=O)[C@H](CCCCN)NC(=O)[C@H](CC(C)C)NC(=O)CNC(=O)[C@H](CCCN=C(N)N)NC(=O)[C@H](CCCCN)NC(=O)[C@@H](N)C(C)C)C(C)C)C(=O)O. The van der Waals surface area contributed by atoms with Crippen LogP contribution in [0.25, 0.3) is 0 Å². The van der Waals surface area contributed by atoms with Crippen LogP contribution in [0.5, 0.6) is 0 Å². The molecule has 0 aliphatic heterocycles. The van der Waals surface area contributed by atoms with Gasteiger partial charge in [-0.1, -0.05) is 83.1 Å². The molecule has 0 aliphatic rings. The Kier molecular flexibility index (Phi) is 53.2. The average Bonchev–Trinajstić information content (AvgIpc) is 0.852. The molecule has 0 saturated carbocycles. The highest BCUT2D eigenvalue weighted by molar-refractivity contribution is 5.99. The van der Waals surface area contributed by atoms with Crippen LogP contribution in [0.3, 0.4) is 0 Å². The molecule has 648 valence electrons. The third kappa shape index (κ3) is 46.0. The van der Waals surface area contributed by atoms with Crippen LogP contribution in [-0.2, 0) is 67.1 Å². The third-order valence-electron chi connectivity index (χ3n) is 18.0. The Morgan fingerprint density at radius 2 is 0.540 bits per heavy atom. The first-order valence-electron chi connectivity index (χ1n) is 39.9. The van der Waals surface area contributed by atoms with E-state index in [0.29, 0.717) is 64.5 Å². The largest absolute Gasteiger partial charge is 0.480 e. The molecule has 32 N–H and O–H groups in total. The second kappa shape index (κ2) is 57.9. The van der Waals surface area contributed by atoms with Gasteiger partial charge in [-0.15, -0.1) is 0 Å². The Bertz CT molecular complexity index is 3020. The highest BCUT2D eigenvalue weighted by atomic mass is 16.4. The van der Waals surface area contributed by atoms with Gasteiger partial charge in [-0.3, -0.25) is 72.3 Å². The Morgan fingerprint density at radius 1 is 0.292 bits per heavy atom. The third-order valence-corrected chi connectivity index (χ3v) is 18.0. The number of nitrogens with one attached hydrogen (secondary N) is 13. The summed E-state index contributed by atoms with van der Waals surface area (Å²) in [5, 5.41) is 44.4. The Balaban J connectivity index is 6.96. The van der Waals surface area contributed by atoms with Gasteiger partial charge in [-0.2, -0.15) is 0 Å². The van der Waals surface area contributed by atoms with Crippen LogP contribution in [0.2, 0.25) is 0 Å². The van der Waals surface area contributed by atoms with E-state index < -0.39 is 174 Å². The van der Waals surface area contributed by atoms with E-state index in [1.54, 1.807) is 83.1 Å². The second-order valence-electron chi connectivity index (χ2n) is 31.1. The van der Waals surface area contributed by atoms with Crippen molar-refractivity contribution in [2.45, 2.75) is 284 Å². The number of carboxylic acid groups (broad SMARTS) is 1. The van der Waals surface area contributed by atoms with Crippen LogP contribution in [-0.4, -0.2) is 225 Å². The van der Waals surface area contributed by atoms with Gasteiger partial charge < -0.3 is 126 Å². The van der Waals surface area contributed by atoms with Crippen molar-refractivity contribution in [3.05, 3.63) is 0 Å². The molecule has 0 fully saturated rings. The molecule has 39 nitrogen and oxygen atoms in total. The van der Waals surface area contributed by atoms with Crippen molar-refractivity contribution >= 4 is 94.7 Å². The predicted octanol–water partition coefficient (Wildman–Crippen LogP) is -3.92. The zero-order valence-electron chi connectivity index (χ0n) is 68.9. The van der Waals surface area contributed by atoms with E-state index in [9.17, 15) is 72.2 Å². The highest BCUT2D eigenvalue weighted by Crippen LogP contribution is 2.16. The van der Waals surface area contributed by atoms with Crippen LogP contribution >= 0.6 is 0 Å². The van der Waals surface area contributed by atoms with Crippen LogP contribution < -0.4 is 121 Å². The van der Waals surface area contributed by atoms with Gasteiger partial charge >= 0.3 is 5.97 Å². The number of amides is 13. The molecule has 0 bridgehead atoms.